The minimum Gasteiger partial charge on any atom is -0.347 e. The predicted molar refractivity (Wildman–Crippen MR) is 106 cm³/mol. The van der Waals surface area contributed by atoms with Crippen molar-refractivity contribution in [1.29, 1.82) is 0 Å². The summed E-state index contributed by atoms with van der Waals surface area (Å²) in [4.78, 5) is 4.27. The fourth-order valence-corrected chi connectivity index (χ4v) is 6.38. The maximum atomic E-state index is 13.4. The zero-order chi connectivity index (χ0) is 20.8. The van der Waals surface area contributed by atoms with Crippen LogP contribution >= 0.6 is 11.3 Å². The Morgan fingerprint density at radius 1 is 1.10 bits per heavy atom. The third-order valence-corrected chi connectivity index (χ3v) is 8.54. The molecular formula is C19H18FN3O5S2. The van der Waals surface area contributed by atoms with Crippen LogP contribution in [0.15, 0.2) is 44.4 Å². The molecule has 0 atom stereocenters. The first-order chi connectivity index (χ1) is 14.5. The molecule has 4 heterocycles. The van der Waals surface area contributed by atoms with Gasteiger partial charge in [-0.05, 0) is 18.2 Å². The van der Waals surface area contributed by atoms with Crippen LogP contribution in [0.2, 0.25) is 0 Å². The van der Waals surface area contributed by atoms with E-state index < -0.39 is 21.6 Å². The Morgan fingerprint density at radius 3 is 2.60 bits per heavy atom. The van der Waals surface area contributed by atoms with Crippen molar-refractivity contribution in [1.82, 2.24) is 14.4 Å². The average molecular weight is 452 g/mol. The summed E-state index contributed by atoms with van der Waals surface area (Å²) >= 11 is 1.10. The molecule has 0 aliphatic carbocycles. The van der Waals surface area contributed by atoms with Gasteiger partial charge in [0, 0.05) is 36.9 Å². The number of hydrogen-bond acceptors (Lipinski definition) is 8. The van der Waals surface area contributed by atoms with Crippen molar-refractivity contribution in [3.63, 3.8) is 0 Å². The first-order valence-electron chi connectivity index (χ1n) is 9.42. The van der Waals surface area contributed by atoms with E-state index in [0.29, 0.717) is 50.3 Å². The second kappa shape index (κ2) is 7.50. The van der Waals surface area contributed by atoms with Crippen LogP contribution in [-0.2, 0) is 19.5 Å². The van der Waals surface area contributed by atoms with Gasteiger partial charge in [0.25, 0.3) is 15.9 Å². The minimum absolute atomic E-state index is 0.178. The van der Waals surface area contributed by atoms with Gasteiger partial charge in [-0.2, -0.15) is 9.29 Å². The van der Waals surface area contributed by atoms with Gasteiger partial charge in [0.15, 0.2) is 5.79 Å². The van der Waals surface area contributed by atoms with Crippen LogP contribution in [0.1, 0.15) is 12.8 Å². The third kappa shape index (κ3) is 3.56. The Hall–Kier alpha value is -2.18. The summed E-state index contributed by atoms with van der Waals surface area (Å²) < 4.78 is 57.8. The van der Waals surface area contributed by atoms with Crippen molar-refractivity contribution in [2.75, 3.05) is 26.3 Å². The Morgan fingerprint density at radius 2 is 1.87 bits per heavy atom. The number of halogens is 1. The quantitative estimate of drug-likeness (QED) is 0.601. The lowest BCUT2D eigenvalue weighted by Gasteiger charge is -2.36. The van der Waals surface area contributed by atoms with Gasteiger partial charge in [0.2, 0.25) is 5.82 Å². The Labute approximate surface area is 176 Å². The van der Waals surface area contributed by atoms with Crippen molar-refractivity contribution in [3.05, 3.63) is 41.5 Å². The highest BCUT2D eigenvalue weighted by atomic mass is 32.2. The van der Waals surface area contributed by atoms with Gasteiger partial charge in [0.05, 0.1) is 18.8 Å². The molecule has 0 saturated carbocycles. The number of aromatic nitrogens is 2. The molecule has 5 rings (SSSR count). The Kier molecular flexibility index (Phi) is 4.94. The molecular weight excluding hydrogens is 433 g/mol. The van der Waals surface area contributed by atoms with E-state index in [4.69, 9.17) is 14.0 Å². The molecule has 30 heavy (non-hydrogen) atoms. The van der Waals surface area contributed by atoms with Gasteiger partial charge >= 0.3 is 0 Å². The molecule has 0 radical (unpaired) electrons. The standard InChI is InChI=1S/C19H18FN3O5S2/c20-15-3-1-2-13(10-15)17-21-18(28-22-17)14-11-16(29-12-14)30(24,25)23-6-4-19(5-7-23)26-8-9-27-19/h1-3,10-12H,4-9H2. The number of sulfonamides is 1. The molecule has 3 aromatic rings. The van der Waals surface area contributed by atoms with Crippen LogP contribution in [0.4, 0.5) is 4.39 Å². The predicted octanol–water partition coefficient (Wildman–Crippen LogP) is 3.13. The maximum absolute atomic E-state index is 13.4. The summed E-state index contributed by atoms with van der Waals surface area (Å²) in [6.45, 7) is 1.76. The molecule has 2 aliphatic heterocycles. The molecule has 1 aromatic carbocycles. The second-order valence-electron chi connectivity index (χ2n) is 7.10. The van der Waals surface area contributed by atoms with Gasteiger partial charge in [-0.1, -0.05) is 17.3 Å². The van der Waals surface area contributed by atoms with Crippen molar-refractivity contribution in [3.8, 4) is 22.8 Å². The summed E-state index contributed by atoms with van der Waals surface area (Å²) in [5, 5.41) is 5.53. The number of piperidine rings is 1. The van der Waals surface area contributed by atoms with Crippen molar-refractivity contribution in [2.45, 2.75) is 22.8 Å². The smallest absolute Gasteiger partial charge is 0.259 e. The van der Waals surface area contributed by atoms with E-state index in [1.807, 2.05) is 0 Å². The van der Waals surface area contributed by atoms with Crippen molar-refractivity contribution >= 4 is 21.4 Å². The third-order valence-electron chi connectivity index (χ3n) is 5.22. The normalized spacial score (nSPS) is 19.5. The van der Waals surface area contributed by atoms with Crippen LogP contribution in [0.25, 0.3) is 22.8 Å². The largest absolute Gasteiger partial charge is 0.347 e. The topological polar surface area (TPSA) is 94.8 Å². The molecule has 2 aliphatic rings. The molecule has 2 fully saturated rings. The molecule has 158 valence electrons. The lowest BCUT2D eigenvalue weighted by atomic mass is 10.1. The Balaban J connectivity index is 1.34. The van der Waals surface area contributed by atoms with Gasteiger partial charge in [0.1, 0.15) is 10.0 Å². The maximum Gasteiger partial charge on any atom is 0.259 e. The highest BCUT2D eigenvalue weighted by molar-refractivity contribution is 7.91. The second-order valence-corrected chi connectivity index (χ2v) is 10.2. The van der Waals surface area contributed by atoms with Crippen LogP contribution in [0, 0.1) is 5.82 Å². The molecule has 0 N–H and O–H groups in total. The van der Waals surface area contributed by atoms with Crippen LogP contribution in [0.3, 0.4) is 0 Å². The first kappa shape index (κ1) is 19.8. The number of rotatable bonds is 4. The summed E-state index contributed by atoms with van der Waals surface area (Å²) in [6, 6.07) is 7.38. The molecule has 0 bridgehead atoms. The summed E-state index contributed by atoms with van der Waals surface area (Å²) in [5.41, 5.74) is 0.983. The number of benzene rings is 1. The van der Waals surface area contributed by atoms with E-state index in [-0.39, 0.29) is 15.9 Å². The fraction of sp³-hybridized carbons (Fsp3) is 0.368. The van der Waals surface area contributed by atoms with E-state index in [1.165, 1.54) is 22.5 Å². The molecule has 8 nitrogen and oxygen atoms in total. The molecule has 1 spiro atoms. The fourth-order valence-electron chi connectivity index (χ4n) is 3.63. The lowest BCUT2D eigenvalue weighted by molar-refractivity contribution is -0.179. The average Bonchev–Trinajstić information content (AvgIpc) is 3.49. The molecule has 0 unspecified atom stereocenters. The molecule has 2 aromatic heterocycles. The molecule has 11 heteroatoms. The van der Waals surface area contributed by atoms with E-state index in [2.05, 4.69) is 10.1 Å². The van der Waals surface area contributed by atoms with Crippen LogP contribution < -0.4 is 0 Å². The molecule has 2 saturated heterocycles. The van der Waals surface area contributed by atoms with E-state index in [9.17, 15) is 12.8 Å². The van der Waals surface area contributed by atoms with Gasteiger partial charge in [-0.25, -0.2) is 12.8 Å². The number of ether oxygens (including phenoxy) is 2. The SMILES string of the molecule is O=S(=O)(c1cc(-c2nc(-c3cccc(F)c3)no2)cs1)N1CCC2(CC1)OCCO2. The Bertz CT molecular complexity index is 1160. The van der Waals surface area contributed by atoms with Crippen molar-refractivity contribution < 1.29 is 26.8 Å². The highest BCUT2D eigenvalue weighted by Crippen LogP contribution is 2.36. The van der Waals surface area contributed by atoms with Crippen molar-refractivity contribution in [2.24, 2.45) is 0 Å². The monoisotopic (exact) mass is 451 g/mol. The number of thiophene rings is 1. The van der Waals surface area contributed by atoms with E-state index >= 15 is 0 Å². The van der Waals surface area contributed by atoms with Crippen LogP contribution in [-0.4, -0.2) is 55.0 Å². The van der Waals surface area contributed by atoms with E-state index in [1.54, 1.807) is 17.5 Å². The number of hydrogen-bond donors (Lipinski definition) is 0. The minimum atomic E-state index is -3.65. The van der Waals surface area contributed by atoms with E-state index in [0.717, 1.165) is 11.3 Å². The summed E-state index contributed by atoms with van der Waals surface area (Å²) in [6.07, 6.45) is 1.01. The van der Waals surface area contributed by atoms with Gasteiger partial charge < -0.3 is 14.0 Å². The van der Waals surface area contributed by atoms with Crippen LogP contribution in [0.5, 0.6) is 0 Å². The highest BCUT2D eigenvalue weighted by Gasteiger charge is 2.43. The molecule has 0 amide bonds. The number of nitrogens with zero attached hydrogens (tertiary/aromatic N) is 3. The van der Waals surface area contributed by atoms with Gasteiger partial charge in [-0.3, -0.25) is 0 Å². The zero-order valence-corrected chi connectivity index (χ0v) is 17.4. The van der Waals surface area contributed by atoms with Gasteiger partial charge in [-0.15, -0.1) is 11.3 Å². The summed E-state index contributed by atoms with van der Waals surface area (Å²) in [7, 11) is -3.65. The lowest BCUT2D eigenvalue weighted by Crippen LogP contribution is -2.47. The zero-order valence-electron chi connectivity index (χ0n) is 15.8. The first-order valence-corrected chi connectivity index (χ1v) is 11.7. The summed E-state index contributed by atoms with van der Waals surface area (Å²) in [5.74, 6) is -0.626.